The molecule has 0 saturated heterocycles. The van der Waals surface area contributed by atoms with Gasteiger partial charge in [0.15, 0.2) is 17.3 Å². The molecule has 2 aromatic carbocycles. The molecule has 0 amide bonds. The summed E-state index contributed by atoms with van der Waals surface area (Å²) in [6.07, 6.45) is 0. The third-order valence-electron chi connectivity index (χ3n) is 3.88. The number of methoxy groups -OCH3 is 1. The molecule has 0 aliphatic carbocycles. The van der Waals surface area contributed by atoms with E-state index >= 15 is 0 Å². The number of nitrogens with two attached hydrogens (primary N) is 1. The van der Waals surface area contributed by atoms with E-state index in [0.29, 0.717) is 22.4 Å². The van der Waals surface area contributed by atoms with Crippen LogP contribution in [0.4, 0.5) is 10.2 Å². The second kappa shape index (κ2) is 6.61. The molecule has 4 N–H and O–H groups in total. The van der Waals surface area contributed by atoms with Gasteiger partial charge in [-0.15, -0.1) is 0 Å². The standard InChI is InChI=1S/C19H14FN3O3/c1-26-17-7-11(6-15(20)18(17)25)13-8-16(23-19(22)14(13)9-21)10-2-4-12(24)5-3-10/h2-8,24-25H,1H3,(H2,22,23). The number of phenolic OH excluding ortho intramolecular Hbond substituents is 2. The van der Waals surface area contributed by atoms with E-state index in [-0.39, 0.29) is 22.9 Å². The van der Waals surface area contributed by atoms with Crippen LogP contribution in [0.5, 0.6) is 17.2 Å². The number of phenols is 2. The van der Waals surface area contributed by atoms with Crippen LogP contribution in [-0.2, 0) is 0 Å². The molecule has 0 radical (unpaired) electrons. The van der Waals surface area contributed by atoms with Crippen molar-refractivity contribution < 1.29 is 19.3 Å². The first-order chi connectivity index (χ1) is 12.4. The van der Waals surface area contributed by atoms with Crippen LogP contribution < -0.4 is 10.5 Å². The summed E-state index contributed by atoms with van der Waals surface area (Å²) in [6.45, 7) is 0. The first kappa shape index (κ1) is 17.0. The number of ether oxygens (including phenoxy) is 1. The molecule has 0 atom stereocenters. The van der Waals surface area contributed by atoms with E-state index in [9.17, 15) is 19.9 Å². The van der Waals surface area contributed by atoms with Gasteiger partial charge in [-0.25, -0.2) is 9.37 Å². The second-order valence-electron chi connectivity index (χ2n) is 5.48. The van der Waals surface area contributed by atoms with Crippen LogP contribution in [0.1, 0.15) is 5.56 Å². The van der Waals surface area contributed by atoms with Gasteiger partial charge in [-0.1, -0.05) is 0 Å². The van der Waals surface area contributed by atoms with Gasteiger partial charge >= 0.3 is 0 Å². The number of pyridine rings is 1. The number of benzene rings is 2. The Bertz CT molecular complexity index is 1030. The van der Waals surface area contributed by atoms with Gasteiger partial charge in [0.1, 0.15) is 23.2 Å². The maximum Gasteiger partial charge on any atom is 0.194 e. The minimum absolute atomic E-state index is 0.0134. The Morgan fingerprint density at radius 3 is 2.42 bits per heavy atom. The van der Waals surface area contributed by atoms with Gasteiger partial charge < -0.3 is 20.7 Å². The van der Waals surface area contributed by atoms with Crippen molar-refractivity contribution in [2.45, 2.75) is 0 Å². The lowest BCUT2D eigenvalue weighted by Gasteiger charge is -2.12. The van der Waals surface area contributed by atoms with E-state index in [4.69, 9.17) is 10.5 Å². The number of halogens is 1. The topological polar surface area (TPSA) is 112 Å². The predicted molar refractivity (Wildman–Crippen MR) is 94.1 cm³/mol. The Morgan fingerprint density at radius 1 is 1.12 bits per heavy atom. The number of nitrogens with zero attached hydrogens (tertiary/aromatic N) is 2. The van der Waals surface area contributed by atoms with Crippen molar-refractivity contribution in [2.24, 2.45) is 0 Å². The number of hydrogen-bond donors (Lipinski definition) is 3. The second-order valence-corrected chi connectivity index (χ2v) is 5.48. The van der Waals surface area contributed by atoms with Crippen molar-refractivity contribution in [3.8, 4) is 45.7 Å². The Balaban J connectivity index is 2.25. The van der Waals surface area contributed by atoms with Crippen LogP contribution in [0.15, 0.2) is 42.5 Å². The summed E-state index contributed by atoms with van der Waals surface area (Å²) in [5.41, 5.74) is 7.76. The molecule has 0 fully saturated rings. The number of anilines is 1. The molecule has 1 aromatic heterocycles. The fraction of sp³-hybridized carbons (Fsp3) is 0.0526. The summed E-state index contributed by atoms with van der Waals surface area (Å²) in [6, 6.07) is 12.3. The zero-order chi connectivity index (χ0) is 18.8. The number of aromatic nitrogens is 1. The summed E-state index contributed by atoms with van der Waals surface area (Å²) in [5.74, 6) is -1.48. The number of nitriles is 1. The summed E-state index contributed by atoms with van der Waals surface area (Å²) in [5, 5.41) is 28.5. The maximum atomic E-state index is 14.0. The minimum Gasteiger partial charge on any atom is -0.508 e. The zero-order valence-corrected chi connectivity index (χ0v) is 13.7. The van der Waals surface area contributed by atoms with Crippen LogP contribution >= 0.6 is 0 Å². The largest absolute Gasteiger partial charge is 0.508 e. The van der Waals surface area contributed by atoms with Gasteiger partial charge in [0.25, 0.3) is 0 Å². The number of nitrogen functional groups attached to an aromatic ring is 1. The van der Waals surface area contributed by atoms with Crippen molar-refractivity contribution >= 4 is 5.82 Å². The number of rotatable bonds is 3. The molecule has 6 nitrogen and oxygen atoms in total. The van der Waals surface area contributed by atoms with Gasteiger partial charge in [-0.05, 0) is 48.0 Å². The maximum absolute atomic E-state index is 14.0. The van der Waals surface area contributed by atoms with Gasteiger partial charge in [0.05, 0.1) is 12.8 Å². The highest BCUT2D eigenvalue weighted by Gasteiger charge is 2.17. The quantitative estimate of drug-likeness (QED) is 0.666. The highest BCUT2D eigenvalue weighted by atomic mass is 19.1. The van der Waals surface area contributed by atoms with Crippen LogP contribution in [0.2, 0.25) is 0 Å². The van der Waals surface area contributed by atoms with Gasteiger partial charge in [-0.3, -0.25) is 0 Å². The van der Waals surface area contributed by atoms with Crippen LogP contribution in [-0.4, -0.2) is 22.3 Å². The molecule has 0 spiro atoms. The smallest absolute Gasteiger partial charge is 0.194 e. The molecule has 3 rings (SSSR count). The Morgan fingerprint density at radius 2 is 1.81 bits per heavy atom. The Labute approximate surface area is 148 Å². The number of hydrogen-bond acceptors (Lipinski definition) is 6. The molecular weight excluding hydrogens is 337 g/mol. The van der Waals surface area contributed by atoms with E-state index in [1.54, 1.807) is 18.2 Å². The molecule has 130 valence electrons. The molecule has 1 heterocycles. The van der Waals surface area contributed by atoms with Crippen molar-refractivity contribution in [1.29, 1.82) is 5.26 Å². The zero-order valence-electron chi connectivity index (χ0n) is 13.7. The molecule has 0 unspecified atom stereocenters. The normalized spacial score (nSPS) is 10.3. The lowest BCUT2D eigenvalue weighted by Crippen LogP contribution is -2.00. The third kappa shape index (κ3) is 2.96. The minimum atomic E-state index is -0.884. The third-order valence-corrected chi connectivity index (χ3v) is 3.88. The fourth-order valence-corrected chi connectivity index (χ4v) is 2.57. The highest BCUT2D eigenvalue weighted by molar-refractivity contribution is 5.81. The average molecular weight is 351 g/mol. The SMILES string of the molecule is COc1cc(-c2cc(-c3ccc(O)cc3)nc(N)c2C#N)cc(F)c1O. The van der Waals surface area contributed by atoms with E-state index in [2.05, 4.69) is 4.98 Å². The number of aromatic hydroxyl groups is 2. The first-order valence-electron chi connectivity index (χ1n) is 7.51. The summed E-state index contributed by atoms with van der Waals surface area (Å²) in [7, 11) is 1.30. The summed E-state index contributed by atoms with van der Waals surface area (Å²) >= 11 is 0. The molecule has 3 aromatic rings. The van der Waals surface area contributed by atoms with Crippen molar-refractivity contribution in [3.63, 3.8) is 0 Å². The van der Waals surface area contributed by atoms with Crippen molar-refractivity contribution in [3.05, 3.63) is 53.8 Å². The lowest BCUT2D eigenvalue weighted by molar-refractivity contribution is 0.357. The molecular formula is C19H14FN3O3. The van der Waals surface area contributed by atoms with E-state index in [1.807, 2.05) is 6.07 Å². The molecule has 0 saturated carbocycles. The Hall–Kier alpha value is -3.79. The predicted octanol–water partition coefficient (Wildman–Crippen LogP) is 3.43. The van der Waals surface area contributed by atoms with Crippen molar-refractivity contribution in [2.75, 3.05) is 12.8 Å². The molecule has 7 heteroatoms. The summed E-state index contributed by atoms with van der Waals surface area (Å²) < 4.78 is 19.0. The average Bonchev–Trinajstić information content (AvgIpc) is 2.63. The van der Waals surface area contributed by atoms with E-state index in [1.165, 1.54) is 25.3 Å². The monoisotopic (exact) mass is 351 g/mol. The van der Waals surface area contributed by atoms with Gasteiger partial charge in [-0.2, -0.15) is 5.26 Å². The van der Waals surface area contributed by atoms with Gasteiger partial charge in [0, 0.05) is 11.1 Å². The van der Waals surface area contributed by atoms with E-state index < -0.39 is 11.6 Å². The summed E-state index contributed by atoms with van der Waals surface area (Å²) in [4.78, 5) is 4.21. The molecule has 0 aliphatic heterocycles. The van der Waals surface area contributed by atoms with Crippen molar-refractivity contribution in [1.82, 2.24) is 4.98 Å². The highest BCUT2D eigenvalue weighted by Crippen LogP contribution is 2.37. The molecule has 0 aliphatic rings. The fourth-order valence-electron chi connectivity index (χ4n) is 2.57. The first-order valence-corrected chi connectivity index (χ1v) is 7.51. The van der Waals surface area contributed by atoms with Crippen LogP contribution in [0.25, 0.3) is 22.4 Å². The van der Waals surface area contributed by atoms with Gasteiger partial charge in [0.2, 0.25) is 0 Å². The molecule has 0 bridgehead atoms. The van der Waals surface area contributed by atoms with Crippen LogP contribution in [0, 0.1) is 17.1 Å². The van der Waals surface area contributed by atoms with Crippen LogP contribution in [0.3, 0.4) is 0 Å². The Kier molecular flexibility index (Phi) is 4.33. The molecule has 26 heavy (non-hydrogen) atoms. The van der Waals surface area contributed by atoms with E-state index in [0.717, 1.165) is 6.07 Å². The lowest BCUT2D eigenvalue weighted by atomic mass is 9.98.